The van der Waals surface area contributed by atoms with Crippen molar-refractivity contribution in [3.05, 3.63) is 113 Å². The van der Waals surface area contributed by atoms with Gasteiger partial charge in [0.05, 0.1) is 12.8 Å². The van der Waals surface area contributed by atoms with Crippen LogP contribution in [0.2, 0.25) is 0 Å². The van der Waals surface area contributed by atoms with E-state index < -0.39 is 0 Å². The molecular weight excluding hydrogens is 466 g/mol. The number of hydrogen-bond donors (Lipinski definition) is 0. The van der Waals surface area contributed by atoms with Gasteiger partial charge in [0.25, 0.3) is 0 Å². The molecule has 0 N–H and O–H groups in total. The summed E-state index contributed by atoms with van der Waals surface area (Å²) in [5, 5.41) is 0. The van der Waals surface area contributed by atoms with Gasteiger partial charge in [-0.05, 0) is 77.9 Å². The Kier molecular flexibility index (Phi) is 7.20. The van der Waals surface area contributed by atoms with Crippen LogP contribution in [0.25, 0.3) is 0 Å². The Balaban J connectivity index is 1.39. The van der Waals surface area contributed by atoms with E-state index in [-0.39, 0.29) is 0 Å². The van der Waals surface area contributed by atoms with Crippen molar-refractivity contribution in [1.29, 1.82) is 0 Å². The summed E-state index contributed by atoms with van der Waals surface area (Å²) in [5.41, 5.74) is 2.84. The second-order valence-electron chi connectivity index (χ2n) is 6.99. The lowest BCUT2D eigenvalue weighted by molar-refractivity contribution is 0.284. The van der Waals surface area contributed by atoms with Crippen LogP contribution in [0, 0.1) is 0 Å². The molecule has 0 aliphatic carbocycles. The summed E-state index contributed by atoms with van der Waals surface area (Å²) in [5.74, 6) is 2.93. The van der Waals surface area contributed by atoms with Crippen LogP contribution in [-0.4, -0.2) is 13.3 Å². The van der Waals surface area contributed by atoms with Crippen LogP contribution in [0.1, 0.15) is 11.1 Å². The van der Waals surface area contributed by atoms with E-state index in [4.69, 9.17) is 14.2 Å². The molecule has 160 valence electrons. The summed E-state index contributed by atoms with van der Waals surface area (Å²) < 4.78 is 18.3. The van der Waals surface area contributed by atoms with Crippen molar-refractivity contribution in [2.45, 2.75) is 6.61 Å². The quantitative estimate of drug-likeness (QED) is 0.240. The van der Waals surface area contributed by atoms with Gasteiger partial charge in [-0.3, -0.25) is 4.99 Å². The molecule has 4 nitrogen and oxygen atoms in total. The van der Waals surface area contributed by atoms with Gasteiger partial charge in [0.15, 0.2) is 11.5 Å². The Bertz CT molecular complexity index is 1170. The van der Waals surface area contributed by atoms with Crippen molar-refractivity contribution in [3.8, 4) is 23.0 Å². The summed E-state index contributed by atoms with van der Waals surface area (Å²) in [4.78, 5) is 4.55. The fraction of sp³-hybridized carbons (Fsp3) is 0.0741. The third kappa shape index (κ3) is 5.99. The van der Waals surface area contributed by atoms with Crippen molar-refractivity contribution in [2.75, 3.05) is 7.11 Å². The molecule has 4 aromatic carbocycles. The minimum atomic E-state index is 0.467. The number of rotatable bonds is 8. The highest BCUT2D eigenvalue weighted by Crippen LogP contribution is 2.29. The molecule has 0 spiro atoms. The minimum Gasteiger partial charge on any atom is -0.493 e. The van der Waals surface area contributed by atoms with Gasteiger partial charge in [-0.1, -0.05) is 46.3 Å². The molecule has 0 aliphatic heterocycles. The summed E-state index contributed by atoms with van der Waals surface area (Å²) >= 11 is 3.44. The number of halogens is 1. The topological polar surface area (TPSA) is 40.0 Å². The van der Waals surface area contributed by atoms with E-state index in [1.807, 2.05) is 97.1 Å². The highest BCUT2D eigenvalue weighted by Gasteiger charge is 2.06. The molecule has 0 amide bonds. The number of benzene rings is 4. The van der Waals surface area contributed by atoms with Crippen LogP contribution in [0.5, 0.6) is 23.0 Å². The maximum atomic E-state index is 5.94. The third-order valence-corrected chi connectivity index (χ3v) is 5.20. The molecule has 4 aromatic rings. The zero-order chi connectivity index (χ0) is 22.2. The van der Waals surface area contributed by atoms with Crippen molar-refractivity contribution in [3.63, 3.8) is 0 Å². The second kappa shape index (κ2) is 10.6. The normalized spacial score (nSPS) is 10.8. The maximum Gasteiger partial charge on any atom is 0.161 e. The number of hydrogen-bond acceptors (Lipinski definition) is 4. The summed E-state index contributed by atoms with van der Waals surface area (Å²) in [6.07, 6.45) is 1.80. The number of aliphatic imine (C=N–C) groups is 1. The standard InChI is InChI=1S/C27H22BrNO3/c1-30-27-17-21(9-16-26(27)31-19-20-7-10-22(28)11-8-20)18-29-23-12-14-25(15-13-23)32-24-5-3-2-4-6-24/h2-18H,19H2,1H3. The first-order chi connectivity index (χ1) is 15.7. The van der Waals surface area contributed by atoms with Gasteiger partial charge in [-0.25, -0.2) is 0 Å². The van der Waals surface area contributed by atoms with Crippen LogP contribution in [0.4, 0.5) is 5.69 Å². The third-order valence-electron chi connectivity index (χ3n) is 4.67. The number of methoxy groups -OCH3 is 1. The Labute approximate surface area is 196 Å². The van der Waals surface area contributed by atoms with Gasteiger partial charge in [0.1, 0.15) is 18.1 Å². The van der Waals surface area contributed by atoms with E-state index in [0.717, 1.165) is 32.8 Å². The van der Waals surface area contributed by atoms with Gasteiger partial charge < -0.3 is 14.2 Å². The van der Waals surface area contributed by atoms with E-state index in [1.165, 1.54) is 0 Å². The molecule has 0 fully saturated rings. The molecular formula is C27H22BrNO3. The largest absolute Gasteiger partial charge is 0.493 e. The average Bonchev–Trinajstić information content (AvgIpc) is 2.84. The Morgan fingerprint density at radius 1 is 0.781 bits per heavy atom. The number of para-hydroxylation sites is 1. The first-order valence-corrected chi connectivity index (χ1v) is 10.9. The SMILES string of the molecule is COc1cc(C=Nc2ccc(Oc3ccccc3)cc2)ccc1OCc1ccc(Br)cc1. The van der Waals surface area contributed by atoms with Gasteiger partial charge in [0.2, 0.25) is 0 Å². The first kappa shape index (κ1) is 21.7. The molecule has 0 saturated carbocycles. The second-order valence-corrected chi connectivity index (χ2v) is 7.91. The van der Waals surface area contributed by atoms with E-state index in [0.29, 0.717) is 18.1 Å². The molecule has 0 bridgehead atoms. The van der Waals surface area contributed by atoms with Crippen molar-refractivity contribution in [1.82, 2.24) is 0 Å². The van der Waals surface area contributed by atoms with Crippen LogP contribution in [0.15, 0.2) is 107 Å². The van der Waals surface area contributed by atoms with Crippen LogP contribution in [0.3, 0.4) is 0 Å². The highest BCUT2D eigenvalue weighted by molar-refractivity contribution is 9.10. The van der Waals surface area contributed by atoms with Gasteiger partial charge in [0, 0.05) is 10.7 Å². The van der Waals surface area contributed by atoms with E-state index in [1.54, 1.807) is 13.3 Å². The molecule has 0 aliphatic rings. The molecule has 32 heavy (non-hydrogen) atoms. The molecule has 0 atom stereocenters. The van der Waals surface area contributed by atoms with Crippen molar-refractivity contribution < 1.29 is 14.2 Å². The predicted octanol–water partition coefficient (Wildman–Crippen LogP) is 7.58. The van der Waals surface area contributed by atoms with Crippen molar-refractivity contribution in [2.24, 2.45) is 4.99 Å². The van der Waals surface area contributed by atoms with Gasteiger partial charge in [-0.15, -0.1) is 0 Å². The zero-order valence-electron chi connectivity index (χ0n) is 17.6. The minimum absolute atomic E-state index is 0.467. The van der Waals surface area contributed by atoms with Gasteiger partial charge >= 0.3 is 0 Å². The first-order valence-electron chi connectivity index (χ1n) is 10.1. The number of nitrogens with zero attached hydrogens (tertiary/aromatic N) is 1. The Morgan fingerprint density at radius 2 is 1.50 bits per heavy atom. The van der Waals surface area contributed by atoms with Crippen LogP contribution < -0.4 is 14.2 Å². The summed E-state index contributed by atoms with van der Waals surface area (Å²) in [6, 6.07) is 31.1. The van der Waals surface area contributed by atoms with Crippen molar-refractivity contribution >= 4 is 27.8 Å². The lowest BCUT2D eigenvalue weighted by Crippen LogP contribution is -1.98. The summed E-state index contributed by atoms with van der Waals surface area (Å²) in [7, 11) is 1.63. The van der Waals surface area contributed by atoms with Crippen LogP contribution >= 0.6 is 15.9 Å². The molecule has 5 heteroatoms. The Morgan fingerprint density at radius 3 is 2.22 bits per heavy atom. The molecule has 0 aromatic heterocycles. The number of ether oxygens (including phenoxy) is 3. The van der Waals surface area contributed by atoms with E-state index >= 15 is 0 Å². The van der Waals surface area contributed by atoms with E-state index in [2.05, 4.69) is 20.9 Å². The fourth-order valence-electron chi connectivity index (χ4n) is 3.00. The molecule has 0 unspecified atom stereocenters. The fourth-order valence-corrected chi connectivity index (χ4v) is 3.26. The van der Waals surface area contributed by atoms with Gasteiger partial charge in [-0.2, -0.15) is 0 Å². The van der Waals surface area contributed by atoms with E-state index in [9.17, 15) is 0 Å². The lowest BCUT2D eigenvalue weighted by Gasteiger charge is -2.11. The predicted molar refractivity (Wildman–Crippen MR) is 132 cm³/mol. The van der Waals surface area contributed by atoms with Crippen LogP contribution in [-0.2, 0) is 6.61 Å². The summed E-state index contributed by atoms with van der Waals surface area (Å²) in [6.45, 7) is 0.467. The average molecular weight is 488 g/mol. The lowest BCUT2D eigenvalue weighted by atomic mass is 10.2. The zero-order valence-corrected chi connectivity index (χ0v) is 19.2. The monoisotopic (exact) mass is 487 g/mol. The highest BCUT2D eigenvalue weighted by atomic mass is 79.9. The smallest absolute Gasteiger partial charge is 0.161 e. The molecule has 0 radical (unpaired) electrons. The molecule has 4 rings (SSSR count). The Hall–Kier alpha value is -3.57. The maximum absolute atomic E-state index is 5.94. The molecule has 0 heterocycles. The molecule has 0 saturated heterocycles.